The van der Waals surface area contributed by atoms with Crippen molar-refractivity contribution in [1.29, 1.82) is 0 Å². The smallest absolute Gasteiger partial charge is 0.263 e. The topological polar surface area (TPSA) is 51.3 Å². The van der Waals surface area contributed by atoms with Gasteiger partial charge in [-0.05, 0) is 18.6 Å². The van der Waals surface area contributed by atoms with Crippen molar-refractivity contribution in [2.75, 3.05) is 0 Å². The Morgan fingerprint density at radius 1 is 1.12 bits per heavy atom. The number of amidine groups is 1. The Morgan fingerprint density at radius 2 is 1.83 bits per heavy atom. The Hall–Kier alpha value is -2.60. The van der Waals surface area contributed by atoms with Crippen molar-refractivity contribution < 1.29 is 8.78 Å². The highest BCUT2D eigenvalue weighted by atomic mass is 32.1. The van der Waals surface area contributed by atoms with Crippen LogP contribution in [0.2, 0.25) is 0 Å². The predicted octanol–water partition coefficient (Wildman–Crippen LogP) is 5.09. The van der Waals surface area contributed by atoms with Crippen molar-refractivity contribution in [3.8, 4) is 11.1 Å². The van der Waals surface area contributed by atoms with E-state index in [1.54, 1.807) is 18.3 Å². The normalized spacial score (nSPS) is 11.9. The van der Waals surface area contributed by atoms with Crippen LogP contribution in [0.15, 0.2) is 59.7 Å². The minimum atomic E-state index is -2.47. The average Bonchev–Trinajstić information content (AvgIpc) is 3.02. The maximum Gasteiger partial charge on any atom is 0.263 e. The molecule has 6 heteroatoms. The number of rotatable bonds is 4. The summed E-state index contributed by atoms with van der Waals surface area (Å²) in [7, 11) is 0. The predicted molar refractivity (Wildman–Crippen MR) is 94.1 cm³/mol. The molecule has 3 aromatic rings. The van der Waals surface area contributed by atoms with Gasteiger partial charge in [-0.25, -0.2) is 18.8 Å². The number of thiazole rings is 1. The van der Waals surface area contributed by atoms with Crippen LogP contribution in [-0.2, 0) is 0 Å². The molecule has 2 N–H and O–H groups in total. The first-order valence-corrected chi connectivity index (χ1v) is 8.10. The Morgan fingerprint density at radius 3 is 2.46 bits per heavy atom. The highest BCUT2D eigenvalue weighted by molar-refractivity contribution is 7.13. The third-order valence-electron chi connectivity index (χ3n) is 3.49. The lowest BCUT2D eigenvalue weighted by molar-refractivity contribution is 0.151. The molecule has 122 valence electrons. The maximum absolute atomic E-state index is 12.7. The first-order chi connectivity index (χ1) is 11.5. The van der Waals surface area contributed by atoms with Crippen LogP contribution in [0.1, 0.15) is 21.9 Å². The van der Waals surface area contributed by atoms with Gasteiger partial charge in [-0.3, -0.25) is 0 Å². The first kappa shape index (κ1) is 16.3. The number of para-hydroxylation sites is 1. The van der Waals surface area contributed by atoms with Gasteiger partial charge in [0.25, 0.3) is 6.43 Å². The zero-order valence-electron chi connectivity index (χ0n) is 12.9. The summed E-state index contributed by atoms with van der Waals surface area (Å²) in [5.41, 5.74) is 8.41. The summed E-state index contributed by atoms with van der Waals surface area (Å²) in [5, 5.41) is 0.916. The quantitative estimate of drug-likeness (QED) is 0.530. The van der Waals surface area contributed by atoms with Gasteiger partial charge in [0, 0.05) is 17.3 Å². The number of hydrogen-bond donors (Lipinski definition) is 1. The summed E-state index contributed by atoms with van der Waals surface area (Å²) in [4.78, 5) is 9.47. The van der Waals surface area contributed by atoms with Crippen LogP contribution in [0.5, 0.6) is 0 Å². The molecule has 3 rings (SSSR count). The molecule has 0 bridgehead atoms. The third kappa shape index (κ3) is 3.49. The average molecular weight is 343 g/mol. The summed E-state index contributed by atoms with van der Waals surface area (Å²) < 4.78 is 25.4. The summed E-state index contributed by atoms with van der Waals surface area (Å²) in [6.45, 7) is 1.90. The minimum absolute atomic E-state index is 0.000573. The van der Waals surface area contributed by atoms with E-state index >= 15 is 0 Å². The molecule has 1 aromatic heterocycles. The zero-order chi connectivity index (χ0) is 17.1. The Bertz CT molecular complexity index is 870. The van der Waals surface area contributed by atoms with Gasteiger partial charge in [-0.15, -0.1) is 11.3 Å². The molecule has 0 fully saturated rings. The molecule has 0 atom stereocenters. The van der Waals surface area contributed by atoms with Gasteiger partial charge in [0.05, 0.1) is 15.6 Å². The molecule has 0 aliphatic heterocycles. The van der Waals surface area contributed by atoms with Crippen molar-refractivity contribution in [2.24, 2.45) is 10.7 Å². The zero-order valence-corrected chi connectivity index (χ0v) is 13.7. The lowest BCUT2D eigenvalue weighted by Gasteiger charge is -2.08. The fourth-order valence-electron chi connectivity index (χ4n) is 2.29. The molecule has 24 heavy (non-hydrogen) atoms. The maximum atomic E-state index is 12.7. The number of hydrogen-bond acceptors (Lipinski definition) is 3. The van der Waals surface area contributed by atoms with Crippen molar-refractivity contribution in [2.45, 2.75) is 13.3 Å². The van der Waals surface area contributed by atoms with Gasteiger partial charge >= 0.3 is 0 Å². The number of halogens is 2. The number of nitrogens with zero attached hydrogens (tertiary/aromatic N) is 2. The second-order valence-electron chi connectivity index (χ2n) is 5.18. The summed E-state index contributed by atoms with van der Waals surface area (Å²) in [6.07, 6.45) is -0.781. The number of aromatic nitrogens is 1. The molecule has 0 spiro atoms. The Kier molecular flexibility index (Phi) is 4.66. The lowest BCUT2D eigenvalue weighted by atomic mass is 10.0. The molecule has 0 saturated carbocycles. The number of alkyl halides is 2. The molecule has 3 nitrogen and oxygen atoms in total. The highest BCUT2D eigenvalue weighted by Crippen LogP contribution is 2.32. The fraction of sp³-hybridized carbons (Fsp3) is 0.111. The van der Waals surface area contributed by atoms with E-state index in [2.05, 4.69) is 9.98 Å². The number of aryl methyl sites for hydroxylation is 1. The van der Waals surface area contributed by atoms with Crippen LogP contribution in [0.3, 0.4) is 0 Å². The fourth-order valence-corrected chi connectivity index (χ4v) is 2.97. The van der Waals surface area contributed by atoms with E-state index in [1.165, 1.54) is 23.5 Å². The van der Waals surface area contributed by atoms with Crippen molar-refractivity contribution in [3.63, 3.8) is 0 Å². The second-order valence-corrected chi connectivity index (χ2v) is 6.42. The monoisotopic (exact) mass is 343 g/mol. The van der Waals surface area contributed by atoms with Crippen LogP contribution < -0.4 is 5.73 Å². The molecule has 0 unspecified atom stereocenters. The van der Waals surface area contributed by atoms with Crippen LogP contribution in [0.25, 0.3) is 11.1 Å². The molecule has 0 amide bonds. The van der Waals surface area contributed by atoms with E-state index in [4.69, 9.17) is 5.73 Å². The van der Waals surface area contributed by atoms with Crippen LogP contribution in [-0.4, -0.2) is 10.8 Å². The SMILES string of the molecule is Cc1ncc(C(N)=Nc2ccccc2-c2ccc(C(F)F)cc2)s1. The Balaban J connectivity index is 1.99. The first-order valence-electron chi connectivity index (χ1n) is 7.29. The van der Waals surface area contributed by atoms with E-state index in [1.807, 2.05) is 31.2 Å². The van der Waals surface area contributed by atoms with Gasteiger partial charge < -0.3 is 5.73 Å². The Labute approximate surface area is 142 Å². The summed E-state index contributed by atoms with van der Waals surface area (Å²) in [6, 6.07) is 13.7. The number of aliphatic imine (C=N–C) groups is 1. The second kappa shape index (κ2) is 6.88. The van der Waals surface area contributed by atoms with E-state index in [9.17, 15) is 8.78 Å². The van der Waals surface area contributed by atoms with E-state index < -0.39 is 6.43 Å². The largest absolute Gasteiger partial charge is 0.382 e. The van der Waals surface area contributed by atoms with Crippen molar-refractivity contribution >= 4 is 22.9 Å². The molecule has 1 heterocycles. The van der Waals surface area contributed by atoms with Crippen LogP contribution >= 0.6 is 11.3 Å². The van der Waals surface area contributed by atoms with Gasteiger partial charge in [-0.1, -0.05) is 42.5 Å². The van der Waals surface area contributed by atoms with E-state index in [0.29, 0.717) is 11.5 Å². The molecule has 0 saturated heterocycles. The molecular weight excluding hydrogens is 328 g/mol. The molecule has 2 aromatic carbocycles. The van der Waals surface area contributed by atoms with E-state index in [0.717, 1.165) is 21.0 Å². The molecular formula is C18H15F2N3S. The third-order valence-corrected chi connectivity index (χ3v) is 4.43. The van der Waals surface area contributed by atoms with Crippen LogP contribution in [0.4, 0.5) is 14.5 Å². The minimum Gasteiger partial charge on any atom is -0.382 e. The van der Waals surface area contributed by atoms with Gasteiger partial charge in [0.2, 0.25) is 0 Å². The van der Waals surface area contributed by atoms with Crippen molar-refractivity contribution in [3.05, 3.63) is 70.2 Å². The van der Waals surface area contributed by atoms with Gasteiger partial charge in [0.1, 0.15) is 5.84 Å². The van der Waals surface area contributed by atoms with Crippen molar-refractivity contribution in [1.82, 2.24) is 4.98 Å². The summed E-state index contributed by atoms with van der Waals surface area (Å²) >= 11 is 1.47. The van der Waals surface area contributed by atoms with Gasteiger partial charge in [-0.2, -0.15) is 0 Å². The number of benzene rings is 2. The van der Waals surface area contributed by atoms with Crippen LogP contribution in [0, 0.1) is 6.92 Å². The lowest BCUT2D eigenvalue weighted by Crippen LogP contribution is -2.10. The van der Waals surface area contributed by atoms with E-state index in [-0.39, 0.29) is 5.56 Å². The number of nitrogens with two attached hydrogens (primary N) is 1. The molecule has 0 aliphatic rings. The molecule has 0 aliphatic carbocycles. The molecule has 0 radical (unpaired) electrons. The standard InChI is InChI=1S/C18H15F2N3S/c1-11-22-10-16(24-11)18(21)23-15-5-3-2-4-14(15)12-6-8-13(9-7-12)17(19)20/h2-10,17H,1H3,(H2,21,23). The summed E-state index contributed by atoms with van der Waals surface area (Å²) in [5.74, 6) is 0.386. The van der Waals surface area contributed by atoms with Gasteiger partial charge in [0.15, 0.2) is 0 Å². The highest BCUT2D eigenvalue weighted by Gasteiger charge is 2.10.